The number of ether oxygens (including phenoxy) is 3. The van der Waals surface area contributed by atoms with Crippen molar-refractivity contribution in [2.24, 2.45) is 29.1 Å². The molecule has 0 heterocycles. The summed E-state index contributed by atoms with van der Waals surface area (Å²) in [4.78, 5) is 24.0. The van der Waals surface area contributed by atoms with Gasteiger partial charge in [0.15, 0.2) is 6.61 Å². The van der Waals surface area contributed by atoms with Gasteiger partial charge in [-0.3, -0.25) is 0 Å². The number of rotatable bonds is 6. The molecule has 0 saturated heterocycles. The maximum atomic E-state index is 12.5. The van der Waals surface area contributed by atoms with E-state index in [1.165, 1.54) is 25.7 Å². The molecule has 148 valence electrons. The Labute approximate surface area is 165 Å². The second kappa shape index (κ2) is 5.85. The normalized spacial score (nSPS) is 38.6. The fourth-order valence-corrected chi connectivity index (χ4v) is 6.69. The van der Waals surface area contributed by atoms with Crippen LogP contribution in [0.2, 0.25) is 0 Å². The van der Waals surface area contributed by atoms with Crippen LogP contribution in [0.3, 0.4) is 0 Å². The van der Waals surface area contributed by atoms with Crippen molar-refractivity contribution >= 4 is 11.9 Å². The standard InChI is InChI=1S/C23H26O5/c1-13(2)21(25)27-18-6-4-17(5-7-18)26-12-20(24)28-22(3)16-9-14-8-15-10-19(22)23(14,15)11-16/h4-7,14-16,19H,1,8-12H2,2-3H3. The Morgan fingerprint density at radius 2 is 1.71 bits per heavy atom. The average molecular weight is 382 g/mol. The van der Waals surface area contributed by atoms with Gasteiger partial charge in [-0.2, -0.15) is 0 Å². The Kier molecular flexibility index (Phi) is 3.71. The zero-order chi connectivity index (χ0) is 19.7. The topological polar surface area (TPSA) is 61.8 Å². The summed E-state index contributed by atoms with van der Waals surface area (Å²) < 4.78 is 16.7. The SMILES string of the molecule is C=C(C)C(=O)Oc1ccc(OCC(=O)OC2(C)C3CC4CC5CC2C45C3)cc1. The van der Waals surface area contributed by atoms with Crippen molar-refractivity contribution in [1.82, 2.24) is 0 Å². The highest BCUT2D eigenvalue weighted by atomic mass is 16.6. The summed E-state index contributed by atoms with van der Waals surface area (Å²) in [6.07, 6.45) is 5.10. The van der Waals surface area contributed by atoms with Gasteiger partial charge in [0, 0.05) is 11.5 Å². The quantitative estimate of drug-likeness (QED) is 0.424. The molecular formula is C23H26O5. The number of carbonyl (C=O) groups excluding carboxylic acids is 2. The molecule has 5 heteroatoms. The number of carbonyl (C=O) groups is 2. The van der Waals surface area contributed by atoms with Crippen LogP contribution >= 0.6 is 0 Å². The summed E-state index contributed by atoms with van der Waals surface area (Å²) in [7, 11) is 0. The van der Waals surface area contributed by atoms with Gasteiger partial charge in [0.1, 0.15) is 17.1 Å². The summed E-state index contributed by atoms with van der Waals surface area (Å²) in [5, 5.41) is 0. The minimum absolute atomic E-state index is 0.111. The molecule has 1 spiro atoms. The zero-order valence-electron chi connectivity index (χ0n) is 16.4. The van der Waals surface area contributed by atoms with E-state index in [4.69, 9.17) is 14.2 Å². The Balaban J connectivity index is 1.15. The third-order valence-corrected chi connectivity index (χ3v) is 8.00. The van der Waals surface area contributed by atoms with E-state index >= 15 is 0 Å². The van der Waals surface area contributed by atoms with Gasteiger partial charge in [-0.15, -0.1) is 0 Å². The van der Waals surface area contributed by atoms with Gasteiger partial charge in [0.05, 0.1) is 0 Å². The lowest BCUT2D eigenvalue weighted by atomic mass is 9.36. The summed E-state index contributed by atoms with van der Waals surface area (Å²) in [5.41, 5.74) is 0.536. The smallest absolute Gasteiger partial charge is 0.344 e. The Morgan fingerprint density at radius 3 is 2.36 bits per heavy atom. The highest BCUT2D eigenvalue weighted by Crippen LogP contribution is 2.84. The summed E-state index contributed by atoms with van der Waals surface area (Å²) in [6.45, 7) is 7.17. The van der Waals surface area contributed by atoms with Crippen LogP contribution in [0.1, 0.15) is 39.5 Å². The molecule has 0 N–H and O–H groups in total. The Hall–Kier alpha value is -2.30. The molecule has 4 aliphatic rings. The first-order valence-corrected chi connectivity index (χ1v) is 10.2. The average Bonchev–Trinajstić information content (AvgIpc) is 3.12. The van der Waals surface area contributed by atoms with Crippen LogP contribution in [-0.2, 0) is 14.3 Å². The van der Waals surface area contributed by atoms with E-state index in [1.807, 2.05) is 0 Å². The van der Waals surface area contributed by atoms with E-state index in [2.05, 4.69) is 13.5 Å². The van der Waals surface area contributed by atoms with Gasteiger partial charge < -0.3 is 14.2 Å². The minimum atomic E-state index is -0.470. The lowest BCUT2D eigenvalue weighted by Gasteiger charge is -2.69. The predicted octanol–water partition coefficient (Wildman–Crippen LogP) is 3.91. The van der Waals surface area contributed by atoms with Crippen molar-refractivity contribution in [2.75, 3.05) is 6.61 Å². The van der Waals surface area contributed by atoms with E-state index in [0.717, 1.165) is 11.8 Å². The molecule has 6 atom stereocenters. The molecule has 4 aliphatic carbocycles. The van der Waals surface area contributed by atoms with Crippen molar-refractivity contribution in [3.63, 3.8) is 0 Å². The first-order chi connectivity index (χ1) is 13.3. The first kappa shape index (κ1) is 17.8. The van der Waals surface area contributed by atoms with Crippen molar-refractivity contribution < 1.29 is 23.8 Å². The fraction of sp³-hybridized carbons (Fsp3) is 0.565. The van der Waals surface area contributed by atoms with Crippen molar-refractivity contribution in [1.29, 1.82) is 0 Å². The van der Waals surface area contributed by atoms with Gasteiger partial charge in [0.2, 0.25) is 0 Å². The Morgan fingerprint density at radius 1 is 1.07 bits per heavy atom. The monoisotopic (exact) mass is 382 g/mol. The van der Waals surface area contributed by atoms with Crippen LogP contribution in [0.4, 0.5) is 0 Å². The molecule has 28 heavy (non-hydrogen) atoms. The minimum Gasteiger partial charge on any atom is -0.482 e. The molecule has 0 aliphatic heterocycles. The predicted molar refractivity (Wildman–Crippen MR) is 102 cm³/mol. The van der Waals surface area contributed by atoms with Crippen LogP contribution in [0.25, 0.3) is 0 Å². The van der Waals surface area contributed by atoms with Crippen LogP contribution in [0.5, 0.6) is 11.5 Å². The molecule has 0 radical (unpaired) electrons. The lowest BCUT2D eigenvalue weighted by Crippen LogP contribution is -2.66. The highest BCUT2D eigenvalue weighted by molar-refractivity contribution is 5.88. The molecule has 1 aromatic carbocycles. The highest BCUT2D eigenvalue weighted by Gasteiger charge is 2.81. The molecule has 1 aromatic rings. The van der Waals surface area contributed by atoms with Crippen molar-refractivity contribution in [2.45, 2.75) is 45.1 Å². The van der Waals surface area contributed by atoms with Crippen LogP contribution in [-0.4, -0.2) is 24.1 Å². The number of hydrogen-bond donors (Lipinski definition) is 0. The molecule has 4 fully saturated rings. The van der Waals surface area contributed by atoms with Crippen molar-refractivity contribution in [3.8, 4) is 11.5 Å². The first-order valence-electron chi connectivity index (χ1n) is 10.2. The van der Waals surface area contributed by atoms with Gasteiger partial charge >= 0.3 is 11.9 Å². The zero-order valence-corrected chi connectivity index (χ0v) is 16.4. The van der Waals surface area contributed by atoms with Crippen LogP contribution in [0, 0.1) is 29.1 Å². The largest absolute Gasteiger partial charge is 0.482 e. The van der Waals surface area contributed by atoms with Gasteiger partial charge in [-0.1, -0.05) is 6.58 Å². The van der Waals surface area contributed by atoms with Crippen LogP contribution in [0.15, 0.2) is 36.4 Å². The van der Waals surface area contributed by atoms with E-state index in [9.17, 15) is 9.59 Å². The van der Waals surface area contributed by atoms with Gasteiger partial charge in [0.25, 0.3) is 0 Å². The summed E-state index contributed by atoms with van der Waals surface area (Å²) in [6, 6.07) is 6.59. The number of fused-ring (bicyclic) bond motifs is 1. The lowest BCUT2D eigenvalue weighted by molar-refractivity contribution is -0.246. The third-order valence-electron chi connectivity index (χ3n) is 8.00. The van der Waals surface area contributed by atoms with Crippen LogP contribution < -0.4 is 9.47 Å². The number of esters is 2. The molecule has 2 bridgehead atoms. The molecule has 0 amide bonds. The molecule has 5 nitrogen and oxygen atoms in total. The second-order valence-corrected chi connectivity index (χ2v) is 9.25. The second-order valence-electron chi connectivity index (χ2n) is 9.25. The number of hydrogen-bond acceptors (Lipinski definition) is 5. The van der Waals surface area contributed by atoms with Gasteiger partial charge in [-0.05, 0) is 87.0 Å². The molecule has 0 aromatic heterocycles. The molecule has 4 saturated carbocycles. The summed E-state index contributed by atoms with van der Waals surface area (Å²) >= 11 is 0. The van der Waals surface area contributed by atoms with E-state index in [-0.39, 0.29) is 18.2 Å². The van der Waals surface area contributed by atoms with E-state index in [0.29, 0.717) is 34.3 Å². The molecule has 6 unspecified atom stereocenters. The Bertz CT molecular complexity index is 858. The third kappa shape index (κ3) is 2.31. The number of benzene rings is 1. The molecule has 5 rings (SSSR count). The van der Waals surface area contributed by atoms with E-state index in [1.54, 1.807) is 31.2 Å². The summed E-state index contributed by atoms with van der Waals surface area (Å²) in [5.74, 6) is 3.02. The maximum Gasteiger partial charge on any atom is 0.344 e. The fourth-order valence-electron chi connectivity index (χ4n) is 6.69. The molecular weight excluding hydrogens is 356 g/mol. The van der Waals surface area contributed by atoms with E-state index < -0.39 is 5.97 Å². The van der Waals surface area contributed by atoms with Gasteiger partial charge in [-0.25, -0.2) is 9.59 Å². The maximum absolute atomic E-state index is 12.5. The van der Waals surface area contributed by atoms with Crippen molar-refractivity contribution in [3.05, 3.63) is 36.4 Å².